The molecule has 0 aliphatic rings. The molecule has 36 heavy (non-hydrogen) atoms. The first-order valence-electron chi connectivity index (χ1n) is 11.6. The van der Waals surface area contributed by atoms with Gasteiger partial charge in [-0.3, -0.25) is 13.9 Å². The van der Waals surface area contributed by atoms with Crippen LogP contribution in [0.15, 0.2) is 107 Å². The number of rotatable bonds is 7. The molecule has 0 aliphatic heterocycles. The Kier molecular flexibility index (Phi) is 6.64. The van der Waals surface area contributed by atoms with Crippen molar-refractivity contribution < 1.29 is 9.53 Å². The summed E-state index contributed by atoms with van der Waals surface area (Å²) < 4.78 is 8.35. The summed E-state index contributed by atoms with van der Waals surface area (Å²) in [6.45, 7) is 0.312. The number of fused-ring (bicyclic) bond motifs is 1. The van der Waals surface area contributed by atoms with E-state index in [0.29, 0.717) is 10.2 Å². The van der Waals surface area contributed by atoms with E-state index >= 15 is 0 Å². The summed E-state index contributed by atoms with van der Waals surface area (Å²) in [6.07, 6.45) is 0. The molecule has 2 aromatic heterocycles. The van der Waals surface area contributed by atoms with Crippen LogP contribution in [-0.4, -0.2) is 21.7 Å². The second kappa shape index (κ2) is 10.2. The predicted molar refractivity (Wildman–Crippen MR) is 142 cm³/mol. The Morgan fingerprint density at radius 3 is 2.00 bits per heavy atom. The number of ether oxygens (including phenoxy) is 1. The number of benzene rings is 3. The van der Waals surface area contributed by atoms with Gasteiger partial charge in [0, 0.05) is 13.0 Å². The Hall–Kier alpha value is -4.23. The lowest BCUT2D eigenvalue weighted by molar-refractivity contribution is 0.0498. The van der Waals surface area contributed by atoms with E-state index in [-0.39, 0.29) is 23.9 Å². The van der Waals surface area contributed by atoms with Crippen LogP contribution in [0.25, 0.3) is 10.2 Å². The number of nitrogens with zero attached hydrogens (tertiary/aromatic N) is 2. The minimum atomic E-state index is -0.519. The van der Waals surface area contributed by atoms with Gasteiger partial charge < -0.3 is 4.74 Å². The number of hydrogen-bond donors (Lipinski definition) is 0. The van der Waals surface area contributed by atoms with Crippen LogP contribution in [0.3, 0.4) is 0 Å². The smallest absolute Gasteiger partial charge is 0.348 e. The highest BCUT2D eigenvalue weighted by atomic mass is 32.1. The van der Waals surface area contributed by atoms with Crippen LogP contribution in [0.2, 0.25) is 0 Å². The monoisotopic (exact) mass is 496 g/mol. The van der Waals surface area contributed by atoms with Crippen LogP contribution in [0, 0.1) is 0 Å². The fourth-order valence-electron chi connectivity index (χ4n) is 4.28. The molecule has 0 saturated carbocycles. The maximum atomic E-state index is 13.2. The SMILES string of the molecule is Cn1c(=O)n(Cc2ccccc2)c(=O)c2cc(C(=O)OCC(c3ccccc3)c3ccccc3)sc21. The van der Waals surface area contributed by atoms with Gasteiger partial charge in [-0.05, 0) is 22.8 Å². The molecule has 0 radical (unpaired) electrons. The minimum absolute atomic E-state index is 0.127. The van der Waals surface area contributed by atoms with Gasteiger partial charge >= 0.3 is 11.7 Å². The van der Waals surface area contributed by atoms with Crippen LogP contribution in [0.1, 0.15) is 32.3 Å². The molecule has 0 aliphatic carbocycles. The van der Waals surface area contributed by atoms with E-state index in [1.807, 2.05) is 91.0 Å². The maximum absolute atomic E-state index is 13.2. The average Bonchev–Trinajstić information content (AvgIpc) is 3.38. The molecule has 5 aromatic rings. The lowest BCUT2D eigenvalue weighted by atomic mass is 9.92. The van der Waals surface area contributed by atoms with Crippen molar-refractivity contribution in [3.8, 4) is 0 Å². The first-order chi connectivity index (χ1) is 17.5. The fraction of sp³-hybridized carbons (Fsp3) is 0.138. The Labute approximate surface area is 211 Å². The van der Waals surface area contributed by atoms with E-state index in [4.69, 9.17) is 4.74 Å². The molecular formula is C29H24N2O4S. The molecule has 0 saturated heterocycles. The van der Waals surface area contributed by atoms with Crippen molar-refractivity contribution in [1.82, 2.24) is 9.13 Å². The number of carbonyl (C=O) groups excluding carboxylic acids is 1. The highest BCUT2D eigenvalue weighted by Gasteiger charge is 2.21. The number of aromatic nitrogens is 2. The Bertz CT molecular complexity index is 1580. The van der Waals surface area contributed by atoms with Crippen LogP contribution in [-0.2, 0) is 18.3 Å². The van der Waals surface area contributed by atoms with Gasteiger partial charge in [-0.25, -0.2) is 9.59 Å². The summed E-state index contributed by atoms with van der Waals surface area (Å²) in [6, 6.07) is 30.6. The average molecular weight is 497 g/mol. The van der Waals surface area contributed by atoms with E-state index in [9.17, 15) is 14.4 Å². The molecule has 5 rings (SSSR count). The Morgan fingerprint density at radius 2 is 1.42 bits per heavy atom. The van der Waals surface area contributed by atoms with E-state index in [2.05, 4.69) is 0 Å². The van der Waals surface area contributed by atoms with Gasteiger partial charge in [0.1, 0.15) is 16.3 Å². The van der Waals surface area contributed by atoms with Crippen molar-refractivity contribution in [3.05, 3.63) is 139 Å². The molecule has 2 heterocycles. The van der Waals surface area contributed by atoms with Crippen LogP contribution in [0.5, 0.6) is 0 Å². The second-order valence-corrected chi connectivity index (χ2v) is 9.55. The molecule has 7 heteroatoms. The van der Waals surface area contributed by atoms with E-state index in [0.717, 1.165) is 28.0 Å². The van der Waals surface area contributed by atoms with Crippen molar-refractivity contribution in [2.45, 2.75) is 12.5 Å². The van der Waals surface area contributed by atoms with Crippen LogP contribution in [0.4, 0.5) is 0 Å². The number of thiophene rings is 1. The zero-order chi connectivity index (χ0) is 25.1. The van der Waals surface area contributed by atoms with Crippen molar-refractivity contribution in [2.75, 3.05) is 6.61 Å². The van der Waals surface area contributed by atoms with E-state index in [1.54, 1.807) is 7.05 Å². The largest absolute Gasteiger partial charge is 0.460 e. The van der Waals surface area contributed by atoms with Crippen LogP contribution < -0.4 is 11.2 Å². The van der Waals surface area contributed by atoms with Crippen molar-refractivity contribution in [1.29, 1.82) is 0 Å². The van der Waals surface area contributed by atoms with Gasteiger partial charge in [-0.2, -0.15) is 0 Å². The van der Waals surface area contributed by atoms with Gasteiger partial charge in [-0.15, -0.1) is 11.3 Å². The highest BCUT2D eigenvalue weighted by Crippen LogP contribution is 2.27. The molecule has 0 N–H and O–H groups in total. The van der Waals surface area contributed by atoms with Gasteiger partial charge in [0.2, 0.25) is 0 Å². The first-order valence-corrected chi connectivity index (χ1v) is 12.4. The third kappa shape index (κ3) is 4.65. The zero-order valence-corrected chi connectivity index (χ0v) is 20.5. The molecule has 6 nitrogen and oxygen atoms in total. The third-order valence-electron chi connectivity index (χ3n) is 6.18. The van der Waals surface area contributed by atoms with Gasteiger partial charge in [0.25, 0.3) is 5.56 Å². The topological polar surface area (TPSA) is 70.3 Å². The van der Waals surface area contributed by atoms with Gasteiger partial charge in [-0.1, -0.05) is 91.0 Å². The molecule has 0 fully saturated rings. The number of aryl methyl sites for hydroxylation is 1. The third-order valence-corrected chi connectivity index (χ3v) is 7.37. The Morgan fingerprint density at radius 1 is 0.861 bits per heavy atom. The predicted octanol–water partition coefficient (Wildman–Crippen LogP) is 4.80. The zero-order valence-electron chi connectivity index (χ0n) is 19.7. The first kappa shape index (κ1) is 23.5. The van der Waals surface area contributed by atoms with Crippen molar-refractivity contribution >= 4 is 27.5 Å². The maximum Gasteiger partial charge on any atom is 0.348 e. The molecule has 0 unspecified atom stereocenters. The molecule has 0 atom stereocenters. The van der Waals surface area contributed by atoms with E-state index < -0.39 is 17.2 Å². The van der Waals surface area contributed by atoms with Gasteiger partial charge in [0.15, 0.2) is 0 Å². The standard InChI is InChI=1S/C29H24N2O4S/c1-30-27-23(26(32)31(29(30)34)18-20-11-5-2-6-12-20)17-25(36-27)28(33)35-19-24(21-13-7-3-8-14-21)22-15-9-4-10-16-22/h2-17,24H,18-19H2,1H3. The number of esters is 1. The highest BCUT2D eigenvalue weighted by molar-refractivity contribution is 7.20. The molecule has 3 aromatic carbocycles. The van der Waals surface area contributed by atoms with Crippen molar-refractivity contribution in [2.24, 2.45) is 7.05 Å². The molecule has 0 amide bonds. The van der Waals surface area contributed by atoms with Gasteiger partial charge in [0.05, 0.1) is 11.9 Å². The van der Waals surface area contributed by atoms with Crippen LogP contribution >= 0.6 is 11.3 Å². The van der Waals surface area contributed by atoms with Crippen molar-refractivity contribution in [3.63, 3.8) is 0 Å². The molecule has 0 bridgehead atoms. The summed E-state index contributed by atoms with van der Waals surface area (Å²) in [4.78, 5) is 39.9. The summed E-state index contributed by atoms with van der Waals surface area (Å²) in [5.74, 6) is -0.646. The molecule has 180 valence electrons. The quantitative estimate of drug-likeness (QED) is 0.304. The summed E-state index contributed by atoms with van der Waals surface area (Å²) in [7, 11) is 1.61. The lowest BCUT2D eigenvalue weighted by Crippen LogP contribution is -2.38. The Balaban J connectivity index is 1.44. The number of hydrogen-bond acceptors (Lipinski definition) is 5. The van der Waals surface area contributed by atoms with E-state index in [1.165, 1.54) is 15.2 Å². The summed E-state index contributed by atoms with van der Waals surface area (Å²) in [5, 5.41) is 0.327. The summed E-state index contributed by atoms with van der Waals surface area (Å²) >= 11 is 1.09. The fourth-order valence-corrected chi connectivity index (χ4v) is 5.27. The summed E-state index contributed by atoms with van der Waals surface area (Å²) in [5.41, 5.74) is 2.09. The normalized spacial score (nSPS) is 11.2. The molecular weight excluding hydrogens is 472 g/mol. The molecule has 0 spiro atoms. The minimum Gasteiger partial charge on any atom is -0.460 e. The number of carbonyl (C=O) groups is 1. The lowest BCUT2D eigenvalue weighted by Gasteiger charge is -2.18. The second-order valence-electron chi connectivity index (χ2n) is 8.52.